The van der Waals surface area contributed by atoms with E-state index >= 15 is 0 Å². The first-order chi connectivity index (χ1) is 14.7. The molecule has 0 spiro atoms. The molecule has 0 fully saturated rings. The average molecular weight is 402 g/mol. The topological polar surface area (TPSA) is 0 Å². The summed E-state index contributed by atoms with van der Waals surface area (Å²) in [6, 6.07) is 39.6. The van der Waals surface area contributed by atoms with E-state index in [2.05, 4.69) is 125 Å². The first-order valence-corrected chi connectivity index (χ1v) is 10.8. The van der Waals surface area contributed by atoms with Gasteiger partial charge in [-0.25, -0.2) is 0 Å². The summed E-state index contributed by atoms with van der Waals surface area (Å²) in [6.45, 7) is 2.12. The lowest BCUT2D eigenvalue weighted by molar-refractivity contribution is 1.47. The second kappa shape index (κ2) is 7.90. The van der Waals surface area contributed by atoms with Gasteiger partial charge in [0, 0.05) is 0 Å². The molecule has 0 heterocycles. The summed E-state index contributed by atoms with van der Waals surface area (Å²) in [5, 5.41) is 3.74. The molecule has 1 unspecified atom stereocenters. The summed E-state index contributed by atoms with van der Waals surface area (Å²) >= 11 is 0. The van der Waals surface area contributed by atoms with E-state index in [1.54, 1.807) is 0 Å². The Morgan fingerprint density at radius 3 is 1.27 bits per heavy atom. The monoisotopic (exact) mass is 402 g/mol. The van der Waals surface area contributed by atoms with Crippen LogP contribution in [0, 0.1) is 6.92 Å². The zero-order valence-corrected chi connectivity index (χ0v) is 18.1. The van der Waals surface area contributed by atoms with Gasteiger partial charge in [0.05, 0.1) is 0 Å². The maximum absolute atomic E-state index is 2.74. The van der Waals surface area contributed by atoms with Crippen LogP contribution in [0.15, 0.2) is 109 Å². The van der Waals surface area contributed by atoms with E-state index in [0.29, 0.717) is 0 Å². The summed E-state index contributed by atoms with van der Waals surface area (Å²) in [5.41, 5.74) is 8.78. The zero-order chi connectivity index (χ0) is 20.5. The zero-order valence-electron chi connectivity index (χ0n) is 17.0. The Kier molecular flexibility index (Phi) is 4.95. The van der Waals surface area contributed by atoms with Crippen molar-refractivity contribution in [2.24, 2.45) is 0 Å². The lowest BCUT2D eigenvalue weighted by atomic mass is 9.96. The molecule has 5 aromatic rings. The fraction of sp³-hybridized carbons (Fsp3) is 0.0345. The molecule has 0 N–H and O–H groups in total. The van der Waals surface area contributed by atoms with Crippen molar-refractivity contribution in [3.63, 3.8) is 0 Å². The minimum absolute atomic E-state index is 1.20. The van der Waals surface area contributed by atoms with Crippen molar-refractivity contribution in [2.75, 3.05) is 0 Å². The first-order valence-electron chi connectivity index (χ1n) is 10.2. The molecule has 5 rings (SSSR count). The highest BCUT2D eigenvalue weighted by Gasteiger charge is 2.04. The minimum Gasteiger partial charge on any atom is -0.106 e. The molecule has 1 atom stereocenters. The van der Waals surface area contributed by atoms with Gasteiger partial charge in [-0.05, 0) is 68.5 Å². The molecule has 0 aromatic heterocycles. The number of hydrogen-bond acceptors (Lipinski definition) is 0. The largest absolute Gasteiger partial charge is 0.106 e. The summed E-state index contributed by atoms with van der Waals surface area (Å²) in [6.07, 6.45) is 0. The Labute approximate surface area is 180 Å². The van der Waals surface area contributed by atoms with E-state index < -0.39 is 0 Å². The summed E-state index contributed by atoms with van der Waals surface area (Å²) in [7, 11) is 2.74. The lowest BCUT2D eigenvalue weighted by Gasteiger charge is -2.09. The molecule has 0 saturated heterocycles. The van der Waals surface area contributed by atoms with Crippen molar-refractivity contribution in [3.05, 3.63) is 115 Å². The molecule has 0 aliphatic heterocycles. The quantitative estimate of drug-likeness (QED) is 0.272. The van der Waals surface area contributed by atoms with E-state index in [9.17, 15) is 0 Å². The van der Waals surface area contributed by atoms with Gasteiger partial charge < -0.3 is 0 Å². The average Bonchev–Trinajstić information content (AvgIpc) is 2.79. The van der Waals surface area contributed by atoms with E-state index in [1.807, 2.05) is 0 Å². The van der Waals surface area contributed by atoms with Gasteiger partial charge in [-0.2, -0.15) is 0 Å². The van der Waals surface area contributed by atoms with Crippen LogP contribution >= 0.6 is 9.24 Å². The minimum atomic E-state index is 1.20. The van der Waals surface area contributed by atoms with Crippen LogP contribution in [-0.2, 0) is 0 Å². The lowest BCUT2D eigenvalue weighted by Crippen LogP contribution is -1.88. The second-order valence-corrected chi connectivity index (χ2v) is 8.51. The van der Waals surface area contributed by atoms with Crippen LogP contribution in [0.3, 0.4) is 0 Å². The van der Waals surface area contributed by atoms with Crippen LogP contribution in [-0.4, -0.2) is 0 Å². The third-order valence-electron chi connectivity index (χ3n) is 5.69. The standard InChI is InChI=1S/C29H23P/c1-20-2-4-21(5-3-20)22-6-8-23(9-7-22)26-12-10-25-11-13-27(19-28(25)18-26)24-14-16-29(30)17-15-24/h2-19H,30H2,1H3. The maximum Gasteiger partial charge on any atom is -0.0172 e. The predicted molar refractivity (Wildman–Crippen MR) is 134 cm³/mol. The van der Waals surface area contributed by atoms with Crippen LogP contribution < -0.4 is 5.30 Å². The van der Waals surface area contributed by atoms with Gasteiger partial charge >= 0.3 is 0 Å². The van der Waals surface area contributed by atoms with Crippen LogP contribution in [0.5, 0.6) is 0 Å². The number of aryl methyl sites for hydroxylation is 1. The third kappa shape index (κ3) is 3.80. The number of benzene rings is 5. The van der Waals surface area contributed by atoms with Crippen LogP contribution in [0.1, 0.15) is 5.56 Å². The number of hydrogen-bond donors (Lipinski definition) is 0. The van der Waals surface area contributed by atoms with Crippen molar-refractivity contribution in [3.8, 4) is 33.4 Å². The van der Waals surface area contributed by atoms with Gasteiger partial charge in [-0.1, -0.05) is 103 Å². The SMILES string of the molecule is Cc1ccc(-c2ccc(-c3ccc4ccc(-c5ccc(P)cc5)cc4c3)cc2)cc1. The predicted octanol–water partition coefficient (Wildman–Crippen LogP) is 7.65. The Balaban J connectivity index is 1.49. The van der Waals surface area contributed by atoms with Crippen molar-refractivity contribution in [2.45, 2.75) is 6.92 Å². The highest BCUT2D eigenvalue weighted by Crippen LogP contribution is 2.30. The Morgan fingerprint density at radius 1 is 0.400 bits per heavy atom. The summed E-state index contributed by atoms with van der Waals surface area (Å²) < 4.78 is 0. The molecule has 1 heteroatoms. The van der Waals surface area contributed by atoms with Crippen molar-refractivity contribution in [1.29, 1.82) is 0 Å². The molecule has 0 nitrogen and oxygen atoms in total. The van der Waals surface area contributed by atoms with Crippen molar-refractivity contribution in [1.82, 2.24) is 0 Å². The molecule has 30 heavy (non-hydrogen) atoms. The fourth-order valence-corrected chi connectivity index (χ4v) is 4.08. The first kappa shape index (κ1) is 18.8. The molecule has 0 aliphatic carbocycles. The van der Waals surface area contributed by atoms with E-state index in [-0.39, 0.29) is 0 Å². The highest BCUT2D eigenvalue weighted by molar-refractivity contribution is 7.27. The molecule has 144 valence electrons. The van der Waals surface area contributed by atoms with Crippen LogP contribution in [0.4, 0.5) is 0 Å². The fourth-order valence-electron chi connectivity index (χ4n) is 3.88. The number of rotatable bonds is 3. The molecule has 0 aliphatic rings. The van der Waals surface area contributed by atoms with E-state index in [4.69, 9.17) is 0 Å². The van der Waals surface area contributed by atoms with Gasteiger partial charge in [0.1, 0.15) is 0 Å². The molecule has 0 amide bonds. The molecule has 0 bridgehead atoms. The maximum atomic E-state index is 2.74. The molecule has 0 saturated carbocycles. The van der Waals surface area contributed by atoms with Gasteiger partial charge in [-0.15, -0.1) is 9.24 Å². The molecule has 0 radical (unpaired) electrons. The van der Waals surface area contributed by atoms with Crippen molar-refractivity contribution < 1.29 is 0 Å². The highest BCUT2D eigenvalue weighted by atomic mass is 31.0. The molecular formula is C29H23P. The number of fused-ring (bicyclic) bond motifs is 1. The van der Waals surface area contributed by atoms with E-state index in [1.165, 1.54) is 55.0 Å². The third-order valence-corrected chi connectivity index (χ3v) is 6.07. The summed E-state index contributed by atoms with van der Waals surface area (Å²) in [4.78, 5) is 0. The molecular weight excluding hydrogens is 379 g/mol. The van der Waals surface area contributed by atoms with Crippen LogP contribution in [0.25, 0.3) is 44.2 Å². The Bertz CT molecular complexity index is 1310. The van der Waals surface area contributed by atoms with Gasteiger partial charge in [0.2, 0.25) is 0 Å². The second-order valence-electron chi connectivity index (χ2n) is 7.84. The van der Waals surface area contributed by atoms with Gasteiger partial charge in [0.25, 0.3) is 0 Å². The van der Waals surface area contributed by atoms with Crippen molar-refractivity contribution >= 4 is 25.3 Å². The normalized spacial score (nSPS) is 11.0. The van der Waals surface area contributed by atoms with Gasteiger partial charge in [-0.3, -0.25) is 0 Å². The Morgan fingerprint density at radius 2 is 0.767 bits per heavy atom. The Hall–Kier alpha value is -3.21. The van der Waals surface area contributed by atoms with E-state index in [0.717, 1.165) is 0 Å². The summed E-state index contributed by atoms with van der Waals surface area (Å²) in [5.74, 6) is 0. The van der Waals surface area contributed by atoms with Crippen LogP contribution in [0.2, 0.25) is 0 Å². The smallest absolute Gasteiger partial charge is 0.0172 e. The van der Waals surface area contributed by atoms with Gasteiger partial charge in [0.15, 0.2) is 0 Å². The molecule has 5 aromatic carbocycles.